The summed E-state index contributed by atoms with van der Waals surface area (Å²) in [5.41, 5.74) is 7.02. The Labute approximate surface area is 178 Å². The number of fused-ring (bicyclic) bond motifs is 1. The summed E-state index contributed by atoms with van der Waals surface area (Å²) in [5.74, 6) is -3.23. The Hall–Kier alpha value is -3.20. The van der Waals surface area contributed by atoms with Crippen molar-refractivity contribution in [1.82, 2.24) is 4.90 Å². The second-order valence-electron chi connectivity index (χ2n) is 6.72. The molecule has 2 atom stereocenters. The Kier molecular flexibility index (Phi) is 5.93. The predicted molar refractivity (Wildman–Crippen MR) is 111 cm³/mol. The maximum atomic E-state index is 12.8. The highest BCUT2D eigenvalue weighted by Crippen LogP contribution is 2.51. The summed E-state index contributed by atoms with van der Waals surface area (Å²) in [7, 11) is 2.38. The topological polar surface area (TPSA) is 119 Å². The van der Waals surface area contributed by atoms with Crippen molar-refractivity contribution in [3.63, 3.8) is 0 Å². The number of phenolic OH excluding ortho intramolecular Hbond substituents is 1. The third-order valence-electron chi connectivity index (χ3n) is 5.02. The molecule has 0 aromatic heterocycles. The van der Waals surface area contributed by atoms with E-state index < -0.39 is 23.1 Å². The molecule has 0 radical (unpaired) electrons. The fourth-order valence-corrected chi connectivity index (χ4v) is 4.79. The molecule has 8 nitrogen and oxygen atoms in total. The van der Waals surface area contributed by atoms with E-state index in [0.717, 1.165) is 16.7 Å². The number of nitrogens with zero attached hydrogens (tertiary/aromatic N) is 1. The zero-order valence-corrected chi connectivity index (χ0v) is 17.6. The smallest absolute Gasteiger partial charge is 0.338 e. The van der Waals surface area contributed by atoms with Crippen LogP contribution in [-0.2, 0) is 30.3 Å². The second-order valence-corrected chi connectivity index (χ2v) is 8.04. The van der Waals surface area contributed by atoms with E-state index in [4.69, 9.17) is 15.2 Å². The molecule has 0 aliphatic carbocycles. The largest absolute Gasteiger partial charge is 0.507 e. The van der Waals surface area contributed by atoms with Crippen molar-refractivity contribution in [3.05, 3.63) is 64.0 Å². The van der Waals surface area contributed by atoms with E-state index in [0.29, 0.717) is 12.0 Å². The number of ether oxygens (including phenoxy) is 2. The van der Waals surface area contributed by atoms with E-state index in [2.05, 4.69) is 6.58 Å². The molecule has 30 heavy (non-hydrogen) atoms. The predicted octanol–water partition coefficient (Wildman–Crippen LogP) is 1.91. The Morgan fingerprint density at radius 2 is 1.90 bits per heavy atom. The van der Waals surface area contributed by atoms with Crippen molar-refractivity contribution < 1.29 is 29.0 Å². The molecular weight excluding hydrogens is 408 g/mol. The monoisotopic (exact) mass is 430 g/mol. The van der Waals surface area contributed by atoms with Gasteiger partial charge in [0.2, 0.25) is 5.91 Å². The first kappa shape index (κ1) is 21.5. The lowest BCUT2D eigenvalue weighted by Crippen LogP contribution is -2.40. The molecule has 2 aliphatic heterocycles. The maximum absolute atomic E-state index is 12.8. The summed E-state index contributed by atoms with van der Waals surface area (Å²) in [4.78, 5) is 39.4. The van der Waals surface area contributed by atoms with Gasteiger partial charge in [-0.1, -0.05) is 36.0 Å². The normalized spacial score (nSPS) is 20.9. The van der Waals surface area contributed by atoms with E-state index in [1.54, 1.807) is 31.2 Å². The van der Waals surface area contributed by atoms with Crippen molar-refractivity contribution in [1.29, 1.82) is 0 Å². The van der Waals surface area contributed by atoms with Gasteiger partial charge in [-0.2, -0.15) is 0 Å². The zero-order valence-electron chi connectivity index (χ0n) is 16.8. The van der Waals surface area contributed by atoms with Gasteiger partial charge in [-0.15, -0.1) is 6.58 Å². The highest BCUT2D eigenvalue weighted by molar-refractivity contribution is 8.04. The lowest BCUT2D eigenvalue weighted by molar-refractivity contribution is -0.137. The number of para-hydroxylation sites is 1. The standard InChI is InChI=1S/C21H22N2O6S/c1-5-7-11-8-6-9-12(16(11)24)13-14(20(26)28-3)17(22)23-18(25)10(2)30-19(23)15(13)21(27)29-4/h5-6,8-10,13,24H,1,7,22H2,2-4H3. The lowest BCUT2D eigenvalue weighted by atomic mass is 9.81. The fraction of sp³-hybridized carbons (Fsp3) is 0.286. The number of nitrogens with two attached hydrogens (primary N) is 1. The maximum Gasteiger partial charge on any atom is 0.338 e. The molecule has 0 spiro atoms. The van der Waals surface area contributed by atoms with Gasteiger partial charge in [-0.3, -0.25) is 9.69 Å². The summed E-state index contributed by atoms with van der Waals surface area (Å²) in [5, 5.41) is 10.7. The van der Waals surface area contributed by atoms with Crippen LogP contribution in [0.4, 0.5) is 0 Å². The molecular formula is C21H22N2O6S. The molecule has 0 bridgehead atoms. The van der Waals surface area contributed by atoms with Gasteiger partial charge in [-0.05, 0) is 18.9 Å². The van der Waals surface area contributed by atoms with E-state index in [9.17, 15) is 19.5 Å². The third-order valence-corrected chi connectivity index (χ3v) is 6.20. The second kappa shape index (κ2) is 8.27. The molecule has 1 fully saturated rings. The van der Waals surface area contributed by atoms with Crippen molar-refractivity contribution in [3.8, 4) is 5.75 Å². The molecule has 2 heterocycles. The number of hydrogen-bond acceptors (Lipinski definition) is 8. The molecule has 3 N–H and O–H groups in total. The van der Waals surface area contributed by atoms with E-state index in [1.807, 2.05) is 0 Å². The molecule has 1 aromatic rings. The Morgan fingerprint density at radius 1 is 1.27 bits per heavy atom. The van der Waals surface area contributed by atoms with Crippen molar-refractivity contribution in [2.24, 2.45) is 5.73 Å². The Balaban J connectivity index is 2.37. The number of esters is 2. The van der Waals surface area contributed by atoms with Crippen LogP contribution in [0, 0.1) is 0 Å². The minimum absolute atomic E-state index is 0.0425. The van der Waals surface area contributed by atoms with Gasteiger partial charge in [0.1, 0.15) is 11.6 Å². The molecule has 1 aromatic carbocycles. The van der Waals surface area contributed by atoms with Crippen LogP contribution in [0.5, 0.6) is 5.75 Å². The van der Waals surface area contributed by atoms with Crippen LogP contribution in [0.1, 0.15) is 24.0 Å². The minimum Gasteiger partial charge on any atom is -0.507 e. The number of rotatable bonds is 5. The number of methoxy groups -OCH3 is 2. The van der Waals surface area contributed by atoms with Gasteiger partial charge in [-0.25, -0.2) is 9.59 Å². The number of amides is 1. The van der Waals surface area contributed by atoms with Crippen LogP contribution in [0.15, 0.2) is 52.9 Å². The zero-order chi connectivity index (χ0) is 22.2. The first-order valence-corrected chi connectivity index (χ1v) is 9.99. The summed E-state index contributed by atoms with van der Waals surface area (Å²) in [6.07, 6.45) is 2.00. The van der Waals surface area contributed by atoms with Crippen molar-refractivity contribution >= 4 is 29.6 Å². The first-order chi connectivity index (χ1) is 14.3. The van der Waals surface area contributed by atoms with Crippen LogP contribution in [-0.4, -0.2) is 47.3 Å². The summed E-state index contributed by atoms with van der Waals surface area (Å²) in [6.45, 7) is 5.35. The first-order valence-electron chi connectivity index (χ1n) is 9.11. The number of aromatic hydroxyl groups is 1. The summed E-state index contributed by atoms with van der Waals surface area (Å²) < 4.78 is 9.88. The molecule has 1 saturated heterocycles. The average Bonchev–Trinajstić information content (AvgIpc) is 3.03. The van der Waals surface area contributed by atoms with Crippen LogP contribution >= 0.6 is 11.8 Å². The highest BCUT2D eigenvalue weighted by atomic mass is 32.2. The van der Waals surface area contributed by atoms with Crippen LogP contribution in [0.2, 0.25) is 0 Å². The number of allylic oxidation sites excluding steroid dienone is 1. The Morgan fingerprint density at radius 3 is 2.50 bits per heavy atom. The van der Waals surface area contributed by atoms with Crippen LogP contribution < -0.4 is 5.73 Å². The molecule has 2 aliphatic rings. The number of thioether (sulfide) groups is 1. The summed E-state index contributed by atoms with van der Waals surface area (Å²) >= 11 is 1.14. The van der Waals surface area contributed by atoms with Gasteiger partial charge >= 0.3 is 11.9 Å². The Bertz CT molecular complexity index is 1010. The number of carbonyl (C=O) groups excluding carboxylic acids is 3. The number of hydrogen-bond donors (Lipinski definition) is 2. The van der Waals surface area contributed by atoms with Crippen LogP contribution in [0.25, 0.3) is 0 Å². The van der Waals surface area contributed by atoms with E-state index in [-0.39, 0.29) is 39.2 Å². The number of carbonyl (C=O) groups is 3. The molecule has 1 amide bonds. The van der Waals surface area contributed by atoms with Crippen molar-refractivity contribution in [2.45, 2.75) is 24.5 Å². The lowest BCUT2D eigenvalue weighted by Gasteiger charge is -2.33. The SMILES string of the molecule is C=CCc1cccc(C2C(C(=O)OC)=C(N)N3C(=O)C(C)SC3=C2C(=O)OC)c1O. The quantitative estimate of drug-likeness (QED) is 0.537. The van der Waals surface area contributed by atoms with Crippen molar-refractivity contribution in [2.75, 3.05) is 14.2 Å². The molecule has 158 valence electrons. The number of benzene rings is 1. The van der Waals surface area contributed by atoms with Crippen LogP contribution in [0.3, 0.4) is 0 Å². The van der Waals surface area contributed by atoms with Gasteiger partial charge in [0.05, 0.1) is 41.6 Å². The molecule has 2 unspecified atom stereocenters. The highest BCUT2D eigenvalue weighted by Gasteiger charge is 2.49. The summed E-state index contributed by atoms with van der Waals surface area (Å²) in [6, 6.07) is 4.99. The fourth-order valence-electron chi connectivity index (χ4n) is 3.62. The van der Waals surface area contributed by atoms with Gasteiger partial charge in [0, 0.05) is 5.56 Å². The molecule has 3 rings (SSSR count). The number of phenols is 1. The van der Waals surface area contributed by atoms with Gasteiger partial charge in [0.15, 0.2) is 0 Å². The third kappa shape index (κ3) is 3.24. The van der Waals surface area contributed by atoms with Gasteiger partial charge in [0.25, 0.3) is 0 Å². The molecule has 0 saturated carbocycles. The van der Waals surface area contributed by atoms with E-state index in [1.165, 1.54) is 14.2 Å². The minimum atomic E-state index is -1.08. The molecule has 9 heteroatoms. The van der Waals surface area contributed by atoms with E-state index >= 15 is 0 Å². The average molecular weight is 430 g/mol. The van der Waals surface area contributed by atoms with Gasteiger partial charge < -0.3 is 20.3 Å².